The summed E-state index contributed by atoms with van der Waals surface area (Å²) in [5, 5.41) is 0. The molecule has 15 heavy (non-hydrogen) atoms. The van der Waals surface area contributed by atoms with E-state index in [1.54, 1.807) is 0 Å². The molecule has 1 aliphatic heterocycles. The van der Waals surface area contributed by atoms with Crippen molar-refractivity contribution in [3.8, 4) is 0 Å². The van der Waals surface area contributed by atoms with Gasteiger partial charge in [0, 0.05) is 32.7 Å². The first-order valence-corrected chi connectivity index (χ1v) is 6.69. The van der Waals surface area contributed by atoms with E-state index in [2.05, 4.69) is 21.2 Å². The molecule has 0 aromatic carbocycles. The zero-order valence-corrected chi connectivity index (χ0v) is 9.90. The molecule has 0 aromatic heterocycles. The van der Waals surface area contributed by atoms with Crippen LogP contribution in [-0.4, -0.2) is 65.5 Å². The summed E-state index contributed by atoms with van der Waals surface area (Å²) >= 11 is 0. The lowest BCUT2D eigenvalue weighted by molar-refractivity contribution is 0.110. The summed E-state index contributed by atoms with van der Waals surface area (Å²) in [6.45, 7) is 7.80. The summed E-state index contributed by atoms with van der Waals surface area (Å²) < 4.78 is 14.8. The third-order valence-corrected chi connectivity index (χ3v) is 3.10. The summed E-state index contributed by atoms with van der Waals surface area (Å²) in [6.07, 6.45) is 0. The van der Waals surface area contributed by atoms with Gasteiger partial charge < -0.3 is 14.7 Å². The molecule has 1 heterocycles. The first-order chi connectivity index (χ1) is 7.01. The lowest BCUT2D eigenvalue weighted by Crippen LogP contribution is -2.46. The van der Waals surface area contributed by atoms with Crippen molar-refractivity contribution in [2.75, 3.05) is 45.9 Å². The first-order valence-electron chi connectivity index (χ1n) is 5.16. The zero-order chi connectivity index (χ0) is 11.3. The molecule has 1 aliphatic rings. The van der Waals surface area contributed by atoms with Crippen LogP contribution in [0.1, 0.15) is 6.92 Å². The molecule has 0 bridgehead atoms. The van der Waals surface area contributed by atoms with Crippen LogP contribution < -0.4 is 0 Å². The lowest BCUT2D eigenvalue weighted by Gasteiger charge is -2.33. The van der Waals surface area contributed by atoms with Crippen molar-refractivity contribution in [1.82, 2.24) is 9.80 Å². The fraction of sp³-hybridized carbons (Fsp3) is 1.00. The standard InChI is InChI=1S/C8H19N2O4P/c1-2-9-3-5-10(6-4-9)7-8-14-15(11,12)13/h2-8H2,1H3,(H2,11,12,13). The van der Waals surface area contributed by atoms with E-state index >= 15 is 0 Å². The highest BCUT2D eigenvalue weighted by Crippen LogP contribution is 2.35. The van der Waals surface area contributed by atoms with E-state index in [9.17, 15) is 4.57 Å². The molecule has 0 aromatic rings. The minimum Gasteiger partial charge on any atom is -0.303 e. The van der Waals surface area contributed by atoms with Crippen LogP contribution in [-0.2, 0) is 9.09 Å². The predicted molar refractivity (Wildman–Crippen MR) is 56.6 cm³/mol. The van der Waals surface area contributed by atoms with Crippen LogP contribution >= 0.6 is 7.82 Å². The van der Waals surface area contributed by atoms with Gasteiger partial charge in [-0.05, 0) is 6.54 Å². The quantitative estimate of drug-likeness (QED) is 0.642. The number of likely N-dealkylation sites (N-methyl/N-ethyl adjacent to an activating group) is 1. The molecule has 6 nitrogen and oxygen atoms in total. The van der Waals surface area contributed by atoms with E-state index in [4.69, 9.17) is 9.79 Å². The molecule has 90 valence electrons. The van der Waals surface area contributed by atoms with Crippen LogP contribution in [0.15, 0.2) is 0 Å². The molecule has 0 atom stereocenters. The number of piperazine rings is 1. The Bertz CT molecular complexity index is 225. The summed E-state index contributed by atoms with van der Waals surface area (Å²) in [5.41, 5.74) is 0. The average Bonchev–Trinajstić information content (AvgIpc) is 2.17. The molecule has 1 saturated heterocycles. The molecule has 2 N–H and O–H groups in total. The third kappa shape index (κ3) is 5.61. The van der Waals surface area contributed by atoms with Crippen molar-refractivity contribution < 1.29 is 18.9 Å². The fourth-order valence-corrected chi connectivity index (χ4v) is 1.94. The first kappa shape index (κ1) is 13.1. The van der Waals surface area contributed by atoms with Gasteiger partial charge in [0.1, 0.15) is 0 Å². The number of phosphoric acid groups is 1. The second-order valence-electron chi connectivity index (χ2n) is 3.60. The van der Waals surface area contributed by atoms with Gasteiger partial charge in [-0.25, -0.2) is 4.57 Å². The Morgan fingerprint density at radius 2 is 1.73 bits per heavy atom. The Kier molecular flexibility index (Phi) is 5.18. The minimum atomic E-state index is -4.29. The van der Waals surface area contributed by atoms with Gasteiger partial charge in [-0.2, -0.15) is 0 Å². The number of hydrogen-bond acceptors (Lipinski definition) is 4. The number of rotatable bonds is 5. The maximum absolute atomic E-state index is 10.4. The molecule has 1 fully saturated rings. The van der Waals surface area contributed by atoms with Gasteiger partial charge in [0.2, 0.25) is 0 Å². The molecule has 0 amide bonds. The number of hydrogen-bond donors (Lipinski definition) is 2. The predicted octanol–water partition coefficient (Wildman–Crippen LogP) is -0.267. The highest BCUT2D eigenvalue weighted by Gasteiger charge is 2.17. The normalized spacial score (nSPS) is 20.7. The molecule has 0 aliphatic carbocycles. The van der Waals surface area contributed by atoms with Gasteiger partial charge in [-0.1, -0.05) is 6.92 Å². The van der Waals surface area contributed by atoms with Crippen molar-refractivity contribution in [3.05, 3.63) is 0 Å². The van der Waals surface area contributed by atoms with E-state index in [1.165, 1.54) is 0 Å². The van der Waals surface area contributed by atoms with Crippen LogP contribution in [0.3, 0.4) is 0 Å². The Hall–Kier alpha value is 0.0300. The van der Waals surface area contributed by atoms with E-state index in [-0.39, 0.29) is 6.61 Å². The molecular formula is C8H19N2O4P. The molecule has 0 radical (unpaired) electrons. The van der Waals surface area contributed by atoms with Crippen LogP contribution in [0.4, 0.5) is 0 Å². The highest BCUT2D eigenvalue weighted by atomic mass is 31.2. The Morgan fingerprint density at radius 3 is 2.20 bits per heavy atom. The second kappa shape index (κ2) is 5.94. The van der Waals surface area contributed by atoms with Crippen LogP contribution in [0.5, 0.6) is 0 Å². The van der Waals surface area contributed by atoms with Crippen molar-refractivity contribution in [2.45, 2.75) is 6.92 Å². The van der Waals surface area contributed by atoms with Gasteiger partial charge in [0.25, 0.3) is 0 Å². The van der Waals surface area contributed by atoms with Crippen molar-refractivity contribution in [3.63, 3.8) is 0 Å². The zero-order valence-electron chi connectivity index (χ0n) is 9.00. The molecule has 0 unspecified atom stereocenters. The van der Waals surface area contributed by atoms with Gasteiger partial charge in [0.15, 0.2) is 0 Å². The SMILES string of the molecule is CCN1CCN(CCOP(=O)(O)O)CC1. The van der Waals surface area contributed by atoms with Gasteiger partial charge >= 0.3 is 7.82 Å². The molecule has 1 rings (SSSR count). The van der Waals surface area contributed by atoms with Crippen LogP contribution in [0.25, 0.3) is 0 Å². The maximum Gasteiger partial charge on any atom is 0.469 e. The largest absolute Gasteiger partial charge is 0.469 e. The summed E-state index contributed by atoms with van der Waals surface area (Å²) in [6, 6.07) is 0. The van der Waals surface area contributed by atoms with E-state index < -0.39 is 7.82 Å². The van der Waals surface area contributed by atoms with Gasteiger partial charge in [-0.15, -0.1) is 0 Å². The Morgan fingerprint density at radius 1 is 1.20 bits per heavy atom. The average molecular weight is 238 g/mol. The molecule has 0 spiro atoms. The number of phosphoric ester groups is 1. The van der Waals surface area contributed by atoms with E-state index in [1.807, 2.05) is 0 Å². The minimum absolute atomic E-state index is 0.0937. The highest BCUT2D eigenvalue weighted by molar-refractivity contribution is 7.46. The summed E-state index contributed by atoms with van der Waals surface area (Å²) in [7, 11) is -4.29. The Labute approximate surface area is 90.1 Å². The summed E-state index contributed by atoms with van der Waals surface area (Å²) in [5.74, 6) is 0. The van der Waals surface area contributed by atoms with Crippen molar-refractivity contribution >= 4 is 7.82 Å². The van der Waals surface area contributed by atoms with Crippen LogP contribution in [0, 0.1) is 0 Å². The third-order valence-electron chi connectivity index (χ3n) is 2.58. The fourth-order valence-electron chi connectivity index (χ4n) is 1.62. The monoisotopic (exact) mass is 238 g/mol. The van der Waals surface area contributed by atoms with E-state index in [0.717, 1.165) is 32.7 Å². The topological polar surface area (TPSA) is 73.2 Å². The van der Waals surface area contributed by atoms with Crippen LogP contribution in [0.2, 0.25) is 0 Å². The maximum atomic E-state index is 10.4. The summed E-state index contributed by atoms with van der Waals surface area (Å²) in [4.78, 5) is 21.5. The molecule has 0 saturated carbocycles. The van der Waals surface area contributed by atoms with Gasteiger partial charge in [0.05, 0.1) is 6.61 Å². The van der Waals surface area contributed by atoms with E-state index in [0.29, 0.717) is 6.54 Å². The Balaban J connectivity index is 2.11. The lowest BCUT2D eigenvalue weighted by atomic mass is 10.3. The van der Waals surface area contributed by atoms with Crippen molar-refractivity contribution in [2.24, 2.45) is 0 Å². The smallest absolute Gasteiger partial charge is 0.303 e. The molecular weight excluding hydrogens is 219 g/mol. The number of nitrogens with zero attached hydrogens (tertiary/aromatic N) is 2. The van der Waals surface area contributed by atoms with Crippen molar-refractivity contribution in [1.29, 1.82) is 0 Å². The second-order valence-corrected chi connectivity index (χ2v) is 4.84. The molecule has 7 heteroatoms. The van der Waals surface area contributed by atoms with Gasteiger partial charge in [-0.3, -0.25) is 9.42 Å².